The van der Waals surface area contributed by atoms with E-state index in [0.29, 0.717) is 5.02 Å². The number of fused-ring (bicyclic) bond motifs is 1. The summed E-state index contributed by atoms with van der Waals surface area (Å²) in [6, 6.07) is 13.6. The highest BCUT2D eigenvalue weighted by Gasteiger charge is 2.06. The third-order valence-electron chi connectivity index (χ3n) is 2.64. The molecule has 0 N–H and O–H groups in total. The highest BCUT2D eigenvalue weighted by molar-refractivity contribution is 6.31. The number of halogens is 1. The van der Waals surface area contributed by atoms with Crippen molar-refractivity contribution < 1.29 is 0 Å². The fourth-order valence-electron chi connectivity index (χ4n) is 1.85. The second kappa shape index (κ2) is 4.15. The van der Waals surface area contributed by atoms with E-state index in [1.807, 2.05) is 42.5 Å². The molecule has 0 aliphatic rings. The minimum atomic E-state index is 0.711. The van der Waals surface area contributed by atoms with E-state index < -0.39 is 0 Å². The molecule has 3 rings (SSSR count). The number of aromatic nitrogens is 2. The lowest BCUT2D eigenvalue weighted by atomic mass is 10.1. The first-order valence-corrected chi connectivity index (χ1v) is 5.68. The van der Waals surface area contributed by atoms with E-state index in [4.69, 9.17) is 11.6 Å². The Bertz CT molecular complexity index is 665. The molecule has 0 amide bonds. The maximum absolute atomic E-state index is 6.03. The average Bonchev–Trinajstić information content (AvgIpc) is 2.39. The summed E-state index contributed by atoms with van der Waals surface area (Å²) in [5, 5.41) is 2.85. The van der Waals surface area contributed by atoms with Gasteiger partial charge in [0.25, 0.3) is 0 Å². The van der Waals surface area contributed by atoms with Crippen molar-refractivity contribution in [2.75, 3.05) is 0 Å². The zero-order valence-electron chi connectivity index (χ0n) is 8.97. The summed E-state index contributed by atoms with van der Waals surface area (Å²) in [7, 11) is 0. The van der Waals surface area contributed by atoms with Crippen molar-refractivity contribution in [3.63, 3.8) is 0 Å². The van der Waals surface area contributed by atoms with Gasteiger partial charge >= 0.3 is 0 Å². The summed E-state index contributed by atoms with van der Waals surface area (Å²) in [6.07, 6.45) is 3.56. The molecule has 17 heavy (non-hydrogen) atoms. The minimum Gasteiger partial charge on any atom is -0.255 e. The standard InChI is InChI=1S/C14H9ClN2/c15-11-5-4-10-6-8-17-14(12(10)9-11)13-3-1-2-7-16-13/h1-9H. The van der Waals surface area contributed by atoms with Crippen LogP contribution in [0.1, 0.15) is 0 Å². The molecule has 2 aromatic heterocycles. The molecule has 0 atom stereocenters. The van der Waals surface area contributed by atoms with Crippen molar-refractivity contribution in [2.24, 2.45) is 0 Å². The second-order valence-electron chi connectivity index (χ2n) is 3.74. The Kier molecular flexibility index (Phi) is 2.50. The molecule has 0 saturated heterocycles. The maximum atomic E-state index is 6.03. The van der Waals surface area contributed by atoms with E-state index in [-0.39, 0.29) is 0 Å². The summed E-state index contributed by atoms with van der Waals surface area (Å²) in [4.78, 5) is 8.72. The van der Waals surface area contributed by atoms with Crippen LogP contribution in [0.15, 0.2) is 54.9 Å². The smallest absolute Gasteiger partial charge is 0.0964 e. The number of pyridine rings is 2. The summed E-state index contributed by atoms with van der Waals surface area (Å²) >= 11 is 6.03. The monoisotopic (exact) mass is 240 g/mol. The number of hydrogen-bond acceptors (Lipinski definition) is 2. The van der Waals surface area contributed by atoms with E-state index >= 15 is 0 Å². The first kappa shape index (κ1) is 10.2. The van der Waals surface area contributed by atoms with Crippen molar-refractivity contribution in [2.45, 2.75) is 0 Å². The van der Waals surface area contributed by atoms with Crippen LogP contribution in [0.25, 0.3) is 22.2 Å². The van der Waals surface area contributed by atoms with Gasteiger partial charge in [-0.2, -0.15) is 0 Å². The van der Waals surface area contributed by atoms with Gasteiger partial charge in [-0.05, 0) is 35.7 Å². The van der Waals surface area contributed by atoms with Crippen LogP contribution in [0, 0.1) is 0 Å². The molecule has 0 fully saturated rings. The number of rotatable bonds is 1. The van der Waals surface area contributed by atoms with Crippen LogP contribution in [0.4, 0.5) is 0 Å². The molecule has 0 bridgehead atoms. The van der Waals surface area contributed by atoms with E-state index in [1.54, 1.807) is 12.4 Å². The van der Waals surface area contributed by atoms with Crippen LogP contribution in [0.2, 0.25) is 5.02 Å². The van der Waals surface area contributed by atoms with Crippen molar-refractivity contribution in [1.29, 1.82) is 0 Å². The van der Waals surface area contributed by atoms with Crippen LogP contribution < -0.4 is 0 Å². The van der Waals surface area contributed by atoms with Crippen LogP contribution >= 0.6 is 11.6 Å². The normalized spacial score (nSPS) is 10.6. The number of hydrogen-bond donors (Lipinski definition) is 0. The van der Waals surface area contributed by atoms with Crippen molar-refractivity contribution in [3.8, 4) is 11.4 Å². The summed E-state index contributed by atoms with van der Waals surface area (Å²) in [6.45, 7) is 0. The second-order valence-corrected chi connectivity index (χ2v) is 4.18. The zero-order chi connectivity index (χ0) is 11.7. The lowest BCUT2D eigenvalue weighted by Crippen LogP contribution is -1.88. The van der Waals surface area contributed by atoms with Crippen LogP contribution in [0.5, 0.6) is 0 Å². The van der Waals surface area contributed by atoms with Gasteiger partial charge in [0.1, 0.15) is 0 Å². The Labute approximate surface area is 104 Å². The Morgan fingerprint density at radius 1 is 0.882 bits per heavy atom. The fraction of sp³-hybridized carbons (Fsp3) is 0. The highest BCUT2D eigenvalue weighted by atomic mass is 35.5. The van der Waals surface area contributed by atoms with E-state index in [0.717, 1.165) is 22.2 Å². The highest BCUT2D eigenvalue weighted by Crippen LogP contribution is 2.27. The lowest BCUT2D eigenvalue weighted by Gasteiger charge is -2.05. The molecule has 2 heterocycles. The molecule has 2 nitrogen and oxygen atoms in total. The molecule has 3 heteroatoms. The molecule has 1 aromatic carbocycles. The summed E-state index contributed by atoms with van der Waals surface area (Å²) in [5.74, 6) is 0. The van der Waals surface area contributed by atoms with E-state index in [1.165, 1.54) is 0 Å². The molecule has 0 aliphatic carbocycles. The lowest BCUT2D eigenvalue weighted by molar-refractivity contribution is 1.27. The quantitative estimate of drug-likeness (QED) is 0.644. The Hall–Kier alpha value is -1.93. The Morgan fingerprint density at radius 2 is 1.82 bits per heavy atom. The van der Waals surface area contributed by atoms with E-state index in [9.17, 15) is 0 Å². The zero-order valence-corrected chi connectivity index (χ0v) is 9.72. The molecule has 0 aliphatic heterocycles. The van der Waals surface area contributed by atoms with Crippen molar-refractivity contribution in [3.05, 3.63) is 59.9 Å². The average molecular weight is 241 g/mol. The van der Waals surface area contributed by atoms with Gasteiger partial charge in [-0.15, -0.1) is 0 Å². The first-order valence-electron chi connectivity index (χ1n) is 5.30. The molecule has 3 aromatic rings. The van der Waals surface area contributed by atoms with Gasteiger partial charge in [0.15, 0.2) is 0 Å². The van der Waals surface area contributed by atoms with Crippen molar-refractivity contribution in [1.82, 2.24) is 9.97 Å². The van der Waals surface area contributed by atoms with Gasteiger partial charge in [-0.25, -0.2) is 0 Å². The Balaban J connectivity index is 2.33. The maximum Gasteiger partial charge on any atom is 0.0964 e. The van der Waals surface area contributed by atoms with Gasteiger partial charge in [-0.3, -0.25) is 9.97 Å². The van der Waals surface area contributed by atoms with Crippen LogP contribution in [-0.2, 0) is 0 Å². The third-order valence-corrected chi connectivity index (χ3v) is 2.87. The van der Waals surface area contributed by atoms with Gasteiger partial charge in [0.05, 0.1) is 11.4 Å². The van der Waals surface area contributed by atoms with Crippen LogP contribution in [0.3, 0.4) is 0 Å². The Morgan fingerprint density at radius 3 is 2.65 bits per heavy atom. The fourth-order valence-corrected chi connectivity index (χ4v) is 2.02. The molecule has 0 radical (unpaired) electrons. The molecule has 0 unspecified atom stereocenters. The molecule has 0 spiro atoms. The van der Waals surface area contributed by atoms with Crippen molar-refractivity contribution >= 4 is 22.4 Å². The molecule has 0 saturated carbocycles. The SMILES string of the molecule is Clc1ccc2ccnc(-c3ccccn3)c2c1. The predicted molar refractivity (Wildman–Crippen MR) is 70.0 cm³/mol. The molecule has 82 valence electrons. The third kappa shape index (κ3) is 1.87. The molecular weight excluding hydrogens is 232 g/mol. The van der Waals surface area contributed by atoms with Gasteiger partial charge in [0, 0.05) is 22.8 Å². The van der Waals surface area contributed by atoms with E-state index in [2.05, 4.69) is 9.97 Å². The minimum absolute atomic E-state index is 0.711. The predicted octanol–water partition coefficient (Wildman–Crippen LogP) is 3.95. The number of benzene rings is 1. The summed E-state index contributed by atoms with van der Waals surface area (Å²) < 4.78 is 0. The molecular formula is C14H9ClN2. The summed E-state index contributed by atoms with van der Waals surface area (Å²) in [5.41, 5.74) is 1.73. The van der Waals surface area contributed by atoms with Gasteiger partial charge in [0.2, 0.25) is 0 Å². The topological polar surface area (TPSA) is 25.8 Å². The van der Waals surface area contributed by atoms with Gasteiger partial charge < -0.3 is 0 Å². The first-order chi connectivity index (χ1) is 8.34. The van der Waals surface area contributed by atoms with Gasteiger partial charge in [-0.1, -0.05) is 23.7 Å². The largest absolute Gasteiger partial charge is 0.255 e. The van der Waals surface area contributed by atoms with Crippen LogP contribution in [-0.4, -0.2) is 9.97 Å². The number of nitrogens with zero attached hydrogens (tertiary/aromatic N) is 2.